The molecule has 1 heterocycles. The highest BCUT2D eigenvalue weighted by atomic mass is 16.6. The molecular formula is C14H24N2O2. The first-order valence-electron chi connectivity index (χ1n) is 6.82. The van der Waals surface area contributed by atoms with Gasteiger partial charge in [-0.05, 0) is 19.8 Å². The minimum Gasteiger partial charge on any atom is -0.445 e. The lowest BCUT2D eigenvalue weighted by atomic mass is 10.2. The molecule has 1 saturated heterocycles. The second-order valence-electron chi connectivity index (χ2n) is 4.58. The summed E-state index contributed by atoms with van der Waals surface area (Å²) in [5.41, 5.74) is 0. The third kappa shape index (κ3) is 4.58. The Balaban J connectivity index is 2.40. The molecule has 1 N–H and O–H groups in total. The van der Waals surface area contributed by atoms with Gasteiger partial charge in [0.05, 0.1) is 6.04 Å². The van der Waals surface area contributed by atoms with Crippen molar-refractivity contribution in [2.24, 2.45) is 0 Å². The molecule has 1 fully saturated rings. The van der Waals surface area contributed by atoms with E-state index in [9.17, 15) is 4.79 Å². The van der Waals surface area contributed by atoms with Crippen molar-refractivity contribution in [2.75, 3.05) is 19.6 Å². The predicted molar refractivity (Wildman–Crippen MR) is 72.3 cm³/mol. The number of hydrogen-bond acceptors (Lipinski definition) is 3. The molecule has 18 heavy (non-hydrogen) atoms. The Morgan fingerprint density at radius 2 is 2.06 bits per heavy atom. The Morgan fingerprint density at radius 1 is 1.39 bits per heavy atom. The van der Waals surface area contributed by atoms with Gasteiger partial charge in [-0.1, -0.05) is 19.8 Å². The average molecular weight is 252 g/mol. The van der Waals surface area contributed by atoms with Gasteiger partial charge in [0.1, 0.15) is 6.10 Å². The highest BCUT2D eigenvalue weighted by Gasteiger charge is 2.27. The largest absolute Gasteiger partial charge is 0.445 e. The maximum absolute atomic E-state index is 12.0. The van der Waals surface area contributed by atoms with Gasteiger partial charge in [-0.2, -0.15) is 0 Å². The van der Waals surface area contributed by atoms with Crippen LogP contribution in [0.5, 0.6) is 0 Å². The molecule has 4 nitrogen and oxygen atoms in total. The topological polar surface area (TPSA) is 41.6 Å². The molecule has 0 aromatic carbocycles. The fraction of sp³-hybridized carbons (Fsp3) is 0.786. The molecule has 0 aromatic heterocycles. The van der Waals surface area contributed by atoms with E-state index in [0.717, 1.165) is 32.4 Å². The molecule has 0 saturated carbocycles. The summed E-state index contributed by atoms with van der Waals surface area (Å²) < 4.78 is 5.51. The Hall–Kier alpha value is -1.21. The average Bonchev–Trinajstić information content (AvgIpc) is 2.77. The van der Waals surface area contributed by atoms with Crippen LogP contribution < -0.4 is 5.32 Å². The molecular weight excluding hydrogens is 228 g/mol. The van der Waals surface area contributed by atoms with Crippen molar-refractivity contribution in [3.63, 3.8) is 0 Å². The predicted octanol–water partition coefficient (Wildman–Crippen LogP) is 2.00. The van der Waals surface area contributed by atoms with Crippen LogP contribution in [0.25, 0.3) is 0 Å². The van der Waals surface area contributed by atoms with E-state index >= 15 is 0 Å². The van der Waals surface area contributed by atoms with Gasteiger partial charge in [0, 0.05) is 26.1 Å². The molecule has 1 rings (SSSR count). The van der Waals surface area contributed by atoms with Crippen LogP contribution in [0, 0.1) is 11.8 Å². The van der Waals surface area contributed by atoms with Crippen LogP contribution in [0.3, 0.4) is 0 Å². The second kappa shape index (κ2) is 7.99. The van der Waals surface area contributed by atoms with Gasteiger partial charge in [0.15, 0.2) is 0 Å². The zero-order valence-electron chi connectivity index (χ0n) is 11.7. The Labute approximate surface area is 110 Å². The van der Waals surface area contributed by atoms with E-state index < -0.39 is 0 Å². The van der Waals surface area contributed by atoms with Gasteiger partial charge in [0.2, 0.25) is 0 Å². The molecule has 1 amide bonds. The maximum atomic E-state index is 12.0. The number of carbonyl (C=O) groups is 1. The van der Waals surface area contributed by atoms with Crippen molar-refractivity contribution in [1.29, 1.82) is 0 Å². The van der Waals surface area contributed by atoms with E-state index in [2.05, 4.69) is 31.0 Å². The van der Waals surface area contributed by atoms with E-state index in [1.54, 1.807) is 4.90 Å². The van der Waals surface area contributed by atoms with Gasteiger partial charge in [0.25, 0.3) is 0 Å². The molecule has 0 bridgehead atoms. The van der Waals surface area contributed by atoms with Crippen LogP contribution in [0.2, 0.25) is 0 Å². The van der Waals surface area contributed by atoms with Gasteiger partial charge in [-0.15, -0.1) is 5.92 Å². The van der Waals surface area contributed by atoms with Crippen LogP contribution >= 0.6 is 0 Å². The van der Waals surface area contributed by atoms with Crippen LogP contribution in [0.15, 0.2) is 0 Å². The van der Waals surface area contributed by atoms with Gasteiger partial charge >= 0.3 is 6.09 Å². The zero-order valence-corrected chi connectivity index (χ0v) is 11.7. The lowest BCUT2D eigenvalue weighted by Gasteiger charge is -2.22. The van der Waals surface area contributed by atoms with Crippen molar-refractivity contribution in [2.45, 2.75) is 52.2 Å². The van der Waals surface area contributed by atoms with E-state index in [1.165, 1.54) is 0 Å². The molecule has 4 heteroatoms. The smallest absolute Gasteiger partial charge is 0.410 e. The summed E-state index contributed by atoms with van der Waals surface area (Å²) in [6.45, 7) is 8.21. The second-order valence-corrected chi connectivity index (χ2v) is 4.58. The number of hydrogen-bond donors (Lipinski definition) is 1. The van der Waals surface area contributed by atoms with E-state index in [1.807, 2.05) is 6.92 Å². The summed E-state index contributed by atoms with van der Waals surface area (Å²) in [6, 6.07) is 0.165. The standard InChI is InChI=1S/C14H24N2O2/c1-4-7-12-10-13(11-15-12)18-14(17)16(8-5-2)9-6-3/h12-13,15H,5-6,8-11H2,1-3H3/t12-,13-/m1/s1. The van der Waals surface area contributed by atoms with Crippen LogP contribution in [-0.2, 0) is 4.74 Å². The van der Waals surface area contributed by atoms with Crippen LogP contribution in [0.4, 0.5) is 4.79 Å². The van der Waals surface area contributed by atoms with Crippen molar-refractivity contribution in [3.05, 3.63) is 0 Å². The van der Waals surface area contributed by atoms with Crippen molar-refractivity contribution >= 4 is 6.09 Å². The highest BCUT2D eigenvalue weighted by Crippen LogP contribution is 2.12. The first-order chi connectivity index (χ1) is 8.71. The van der Waals surface area contributed by atoms with Gasteiger partial charge < -0.3 is 9.64 Å². The summed E-state index contributed by atoms with van der Waals surface area (Å²) in [5, 5.41) is 3.25. The lowest BCUT2D eigenvalue weighted by molar-refractivity contribution is 0.0698. The summed E-state index contributed by atoms with van der Waals surface area (Å²) in [4.78, 5) is 13.8. The number of nitrogens with zero attached hydrogens (tertiary/aromatic N) is 1. The Morgan fingerprint density at radius 3 is 2.61 bits per heavy atom. The number of nitrogens with one attached hydrogen (secondary N) is 1. The number of rotatable bonds is 5. The van der Waals surface area contributed by atoms with Crippen LogP contribution in [0.1, 0.15) is 40.0 Å². The van der Waals surface area contributed by atoms with Crippen molar-refractivity contribution < 1.29 is 9.53 Å². The minimum atomic E-state index is -0.185. The quantitative estimate of drug-likeness (QED) is 0.761. The lowest BCUT2D eigenvalue weighted by Crippen LogP contribution is -2.36. The zero-order chi connectivity index (χ0) is 13.4. The molecule has 0 unspecified atom stereocenters. The normalized spacial score (nSPS) is 22.2. The van der Waals surface area contributed by atoms with E-state index in [-0.39, 0.29) is 18.2 Å². The molecule has 0 radical (unpaired) electrons. The maximum Gasteiger partial charge on any atom is 0.410 e. The van der Waals surface area contributed by atoms with Gasteiger partial charge in [-0.25, -0.2) is 4.79 Å². The molecule has 0 spiro atoms. The minimum absolute atomic E-state index is 0.0421. The van der Waals surface area contributed by atoms with Crippen LogP contribution in [-0.4, -0.2) is 42.8 Å². The fourth-order valence-electron chi connectivity index (χ4n) is 2.13. The first kappa shape index (κ1) is 14.8. The number of ether oxygens (including phenoxy) is 1. The SMILES string of the molecule is CC#C[C@@H]1C[C@@H](OC(=O)N(CCC)CCC)CN1. The molecule has 1 aliphatic rings. The molecule has 2 atom stereocenters. The van der Waals surface area contributed by atoms with Crippen molar-refractivity contribution in [1.82, 2.24) is 10.2 Å². The van der Waals surface area contributed by atoms with Gasteiger partial charge in [-0.3, -0.25) is 5.32 Å². The van der Waals surface area contributed by atoms with E-state index in [4.69, 9.17) is 4.74 Å². The Bertz CT molecular complexity index is 313. The summed E-state index contributed by atoms with van der Waals surface area (Å²) in [7, 11) is 0. The molecule has 102 valence electrons. The Kier molecular flexibility index (Phi) is 6.59. The third-order valence-corrected chi connectivity index (χ3v) is 2.92. The fourth-order valence-corrected chi connectivity index (χ4v) is 2.13. The molecule has 1 aliphatic heterocycles. The number of carbonyl (C=O) groups excluding carboxylic acids is 1. The van der Waals surface area contributed by atoms with Crippen molar-refractivity contribution in [3.8, 4) is 11.8 Å². The monoisotopic (exact) mass is 252 g/mol. The first-order valence-corrected chi connectivity index (χ1v) is 6.82. The van der Waals surface area contributed by atoms with E-state index in [0.29, 0.717) is 6.54 Å². The summed E-state index contributed by atoms with van der Waals surface area (Å²) >= 11 is 0. The summed E-state index contributed by atoms with van der Waals surface area (Å²) in [6.07, 6.45) is 2.48. The molecule has 0 aliphatic carbocycles. The number of amides is 1. The summed E-state index contributed by atoms with van der Waals surface area (Å²) in [5.74, 6) is 5.94. The highest BCUT2D eigenvalue weighted by molar-refractivity contribution is 5.67. The third-order valence-electron chi connectivity index (χ3n) is 2.92. The molecule has 0 aromatic rings.